The van der Waals surface area contributed by atoms with Crippen molar-refractivity contribution in [2.45, 2.75) is 0 Å². The summed E-state index contributed by atoms with van der Waals surface area (Å²) in [6, 6.07) is 8.93. The summed E-state index contributed by atoms with van der Waals surface area (Å²) in [7, 11) is 1.27. The predicted molar refractivity (Wildman–Crippen MR) is 89.4 cm³/mol. The Morgan fingerprint density at radius 3 is 2.42 bits per heavy atom. The number of phenols is 3. The average Bonchev–Trinajstić information content (AvgIpc) is 2.54. The molecule has 24 heavy (non-hydrogen) atoms. The van der Waals surface area contributed by atoms with Crippen LogP contribution in [0.25, 0.3) is 23.1 Å². The standard InChI is InChI=1S/C18H14O6/c1-23-18-14(21)9-15-16(17(18)22)13(20)8-12(24-15)7-4-10-2-5-11(19)6-3-10/h2-9,19,21-22H,1H3. The van der Waals surface area contributed by atoms with Crippen LogP contribution < -0.4 is 10.2 Å². The number of ether oxygens (including phenoxy) is 1. The summed E-state index contributed by atoms with van der Waals surface area (Å²) in [5.74, 6) is -0.559. The first-order chi connectivity index (χ1) is 11.5. The van der Waals surface area contributed by atoms with E-state index in [1.54, 1.807) is 36.4 Å². The number of fused-ring (bicyclic) bond motifs is 1. The third-order valence-corrected chi connectivity index (χ3v) is 3.48. The minimum absolute atomic E-state index is 0.0451. The quantitative estimate of drug-likeness (QED) is 0.684. The van der Waals surface area contributed by atoms with E-state index in [0.29, 0.717) is 0 Å². The Kier molecular flexibility index (Phi) is 3.87. The molecule has 0 aliphatic heterocycles. The van der Waals surface area contributed by atoms with Crippen molar-refractivity contribution < 1.29 is 24.5 Å². The second-order valence-electron chi connectivity index (χ2n) is 5.09. The van der Waals surface area contributed by atoms with Gasteiger partial charge in [-0.05, 0) is 23.8 Å². The lowest BCUT2D eigenvalue weighted by Crippen LogP contribution is -2.01. The van der Waals surface area contributed by atoms with E-state index in [0.717, 1.165) is 5.56 Å². The fourth-order valence-corrected chi connectivity index (χ4v) is 2.34. The lowest BCUT2D eigenvalue weighted by Gasteiger charge is -2.08. The van der Waals surface area contributed by atoms with E-state index in [9.17, 15) is 20.1 Å². The van der Waals surface area contributed by atoms with E-state index in [-0.39, 0.29) is 34.0 Å². The van der Waals surface area contributed by atoms with Crippen molar-refractivity contribution in [1.82, 2.24) is 0 Å². The number of aromatic hydroxyl groups is 3. The summed E-state index contributed by atoms with van der Waals surface area (Å²) in [5.41, 5.74) is 0.386. The Balaban J connectivity index is 2.08. The highest BCUT2D eigenvalue weighted by molar-refractivity contribution is 5.89. The molecule has 0 atom stereocenters. The Labute approximate surface area is 136 Å². The maximum atomic E-state index is 12.2. The van der Waals surface area contributed by atoms with Crippen molar-refractivity contribution >= 4 is 23.1 Å². The first-order valence-corrected chi connectivity index (χ1v) is 7.03. The summed E-state index contributed by atoms with van der Waals surface area (Å²) in [6.45, 7) is 0. The topological polar surface area (TPSA) is 100 Å². The third-order valence-electron chi connectivity index (χ3n) is 3.48. The van der Waals surface area contributed by atoms with Gasteiger partial charge in [-0.1, -0.05) is 18.2 Å². The van der Waals surface area contributed by atoms with Gasteiger partial charge in [0.1, 0.15) is 22.5 Å². The number of benzene rings is 2. The van der Waals surface area contributed by atoms with Crippen LogP contribution in [0.1, 0.15) is 11.3 Å². The Morgan fingerprint density at radius 1 is 1.04 bits per heavy atom. The molecule has 122 valence electrons. The molecule has 1 heterocycles. The van der Waals surface area contributed by atoms with Gasteiger partial charge in [0, 0.05) is 12.1 Å². The molecule has 3 N–H and O–H groups in total. The zero-order valence-electron chi connectivity index (χ0n) is 12.7. The van der Waals surface area contributed by atoms with Crippen LogP contribution in [0.15, 0.2) is 45.6 Å². The molecule has 0 bridgehead atoms. The molecule has 0 saturated carbocycles. The molecule has 3 aromatic rings. The summed E-state index contributed by atoms with van der Waals surface area (Å²) >= 11 is 0. The molecule has 0 aliphatic rings. The molecule has 0 aliphatic carbocycles. The van der Waals surface area contributed by atoms with Crippen LogP contribution in [0.5, 0.6) is 23.0 Å². The summed E-state index contributed by atoms with van der Waals surface area (Å²) in [4.78, 5) is 12.2. The zero-order chi connectivity index (χ0) is 17.3. The van der Waals surface area contributed by atoms with Gasteiger partial charge in [0.25, 0.3) is 0 Å². The fourth-order valence-electron chi connectivity index (χ4n) is 2.34. The molecular formula is C18H14O6. The van der Waals surface area contributed by atoms with Gasteiger partial charge in [-0.25, -0.2) is 0 Å². The van der Waals surface area contributed by atoms with Crippen LogP contribution in [0.3, 0.4) is 0 Å². The van der Waals surface area contributed by atoms with Gasteiger partial charge in [0.2, 0.25) is 5.75 Å². The second-order valence-corrected chi connectivity index (χ2v) is 5.09. The summed E-state index contributed by atoms with van der Waals surface area (Å²) < 4.78 is 10.4. The van der Waals surface area contributed by atoms with Gasteiger partial charge in [0.05, 0.1) is 7.11 Å². The average molecular weight is 326 g/mol. The van der Waals surface area contributed by atoms with Crippen molar-refractivity contribution in [2.75, 3.05) is 7.11 Å². The first kappa shape index (κ1) is 15.5. The lowest BCUT2D eigenvalue weighted by atomic mass is 10.1. The first-order valence-electron chi connectivity index (χ1n) is 7.03. The number of hydrogen-bond acceptors (Lipinski definition) is 6. The Hall–Kier alpha value is -3.41. The maximum absolute atomic E-state index is 12.2. The molecule has 0 amide bonds. The van der Waals surface area contributed by atoms with Crippen LogP contribution in [0, 0.1) is 0 Å². The number of rotatable bonds is 3. The molecule has 0 radical (unpaired) electrons. The van der Waals surface area contributed by atoms with E-state index < -0.39 is 11.2 Å². The molecule has 1 aromatic heterocycles. The highest BCUT2D eigenvalue weighted by Gasteiger charge is 2.17. The highest BCUT2D eigenvalue weighted by Crippen LogP contribution is 2.40. The number of methoxy groups -OCH3 is 1. The van der Waals surface area contributed by atoms with E-state index in [1.165, 1.54) is 19.2 Å². The van der Waals surface area contributed by atoms with Gasteiger partial charge in [0.15, 0.2) is 16.9 Å². The van der Waals surface area contributed by atoms with Crippen LogP contribution in [0.4, 0.5) is 0 Å². The van der Waals surface area contributed by atoms with Crippen LogP contribution in [-0.4, -0.2) is 22.4 Å². The SMILES string of the molecule is COc1c(O)cc2oc(C=Cc3ccc(O)cc3)cc(=O)c2c1O. The molecular weight excluding hydrogens is 312 g/mol. The van der Waals surface area contributed by atoms with Gasteiger partial charge in [-0.2, -0.15) is 0 Å². The van der Waals surface area contributed by atoms with Gasteiger partial charge >= 0.3 is 0 Å². The minimum Gasteiger partial charge on any atom is -0.508 e. The number of phenolic OH excluding ortho intramolecular Hbond substituents is 3. The predicted octanol–water partition coefficient (Wildman–Crippen LogP) is 3.09. The zero-order valence-corrected chi connectivity index (χ0v) is 12.7. The van der Waals surface area contributed by atoms with E-state index in [1.807, 2.05) is 0 Å². The van der Waals surface area contributed by atoms with Crippen molar-refractivity contribution in [1.29, 1.82) is 0 Å². The molecule has 0 fully saturated rings. The molecule has 3 rings (SSSR count). The van der Waals surface area contributed by atoms with E-state index in [4.69, 9.17) is 9.15 Å². The normalized spacial score (nSPS) is 11.2. The third kappa shape index (κ3) is 2.77. The Bertz CT molecular complexity index is 983. The van der Waals surface area contributed by atoms with Crippen molar-refractivity contribution in [3.8, 4) is 23.0 Å². The second kappa shape index (κ2) is 6.00. The monoisotopic (exact) mass is 326 g/mol. The molecule has 2 aromatic carbocycles. The smallest absolute Gasteiger partial charge is 0.203 e. The van der Waals surface area contributed by atoms with E-state index in [2.05, 4.69) is 0 Å². The Morgan fingerprint density at radius 2 is 1.75 bits per heavy atom. The summed E-state index contributed by atoms with van der Waals surface area (Å²) in [6.07, 6.45) is 3.28. The lowest BCUT2D eigenvalue weighted by molar-refractivity contribution is 0.346. The molecule has 0 spiro atoms. The van der Waals surface area contributed by atoms with Crippen molar-refractivity contribution in [3.05, 3.63) is 57.9 Å². The highest BCUT2D eigenvalue weighted by atomic mass is 16.5. The van der Waals surface area contributed by atoms with Crippen molar-refractivity contribution in [3.63, 3.8) is 0 Å². The molecule has 6 heteroatoms. The van der Waals surface area contributed by atoms with E-state index >= 15 is 0 Å². The minimum atomic E-state index is -0.463. The summed E-state index contributed by atoms with van der Waals surface area (Å²) in [5, 5.41) is 29.1. The van der Waals surface area contributed by atoms with Crippen molar-refractivity contribution in [2.24, 2.45) is 0 Å². The van der Waals surface area contributed by atoms with Gasteiger partial charge in [-0.15, -0.1) is 0 Å². The van der Waals surface area contributed by atoms with Gasteiger partial charge in [-0.3, -0.25) is 4.79 Å². The largest absolute Gasteiger partial charge is 0.508 e. The van der Waals surface area contributed by atoms with Gasteiger partial charge < -0.3 is 24.5 Å². The number of hydrogen-bond donors (Lipinski definition) is 3. The molecule has 0 saturated heterocycles. The molecule has 0 unspecified atom stereocenters. The molecule has 6 nitrogen and oxygen atoms in total. The van der Waals surface area contributed by atoms with Crippen LogP contribution in [0.2, 0.25) is 0 Å². The van der Waals surface area contributed by atoms with Crippen LogP contribution >= 0.6 is 0 Å². The maximum Gasteiger partial charge on any atom is 0.203 e. The van der Waals surface area contributed by atoms with Crippen LogP contribution in [-0.2, 0) is 0 Å². The fraction of sp³-hybridized carbons (Fsp3) is 0.0556.